The van der Waals surface area contributed by atoms with Crippen LogP contribution in [0.3, 0.4) is 0 Å². The van der Waals surface area contributed by atoms with Crippen molar-refractivity contribution in [1.29, 1.82) is 0 Å². The van der Waals surface area contributed by atoms with Gasteiger partial charge in [-0.15, -0.1) is 22.7 Å². The second-order valence-electron chi connectivity index (χ2n) is 5.88. The minimum absolute atomic E-state index is 0.0835. The smallest absolute Gasteiger partial charge is 0.387 e. The summed E-state index contributed by atoms with van der Waals surface area (Å²) in [4.78, 5) is 22.9. The number of nitrogens with zero attached hydrogens (tertiary/aromatic N) is 3. The number of hydrogen-bond acceptors (Lipinski definition) is 6. The predicted octanol–water partition coefficient (Wildman–Crippen LogP) is 4.61. The first-order valence-corrected chi connectivity index (χ1v) is 9.91. The third-order valence-corrected chi connectivity index (χ3v) is 5.54. The van der Waals surface area contributed by atoms with Crippen LogP contribution in [0, 0.1) is 6.92 Å². The van der Waals surface area contributed by atoms with Crippen molar-refractivity contribution in [3.8, 4) is 17.0 Å². The van der Waals surface area contributed by atoms with E-state index in [1.165, 1.54) is 34.8 Å². The van der Waals surface area contributed by atoms with Gasteiger partial charge in [0.2, 0.25) is 5.91 Å². The van der Waals surface area contributed by atoms with Crippen molar-refractivity contribution in [3.05, 3.63) is 52.6 Å². The number of carbonyl (C=O) groups excluding carboxylic acids is 1. The molecule has 3 heterocycles. The second kappa shape index (κ2) is 7.64. The van der Waals surface area contributed by atoms with Gasteiger partial charge in [0.05, 0.1) is 17.8 Å². The average Bonchev–Trinajstić information content (AvgIpc) is 3.30. The molecule has 1 amide bonds. The van der Waals surface area contributed by atoms with E-state index < -0.39 is 6.61 Å². The molecule has 3 aromatic heterocycles. The zero-order valence-electron chi connectivity index (χ0n) is 14.6. The number of rotatable bonds is 6. The summed E-state index contributed by atoms with van der Waals surface area (Å²) in [5.41, 5.74) is 2.13. The van der Waals surface area contributed by atoms with Crippen molar-refractivity contribution in [2.45, 2.75) is 20.0 Å². The standard InChI is InChI=1S/C18H14F2N4O2S2/c1-10-15(11-2-4-13(5-3-11)26-16(19)20)23-17(28-10)22-14(25)8-12-9-24-6-7-27-18(24)21-12/h2-7,9,16H,8H2,1H3,(H,22,23,25). The molecule has 10 heteroatoms. The highest BCUT2D eigenvalue weighted by Gasteiger charge is 2.14. The molecule has 0 fully saturated rings. The number of benzene rings is 1. The number of halogens is 2. The van der Waals surface area contributed by atoms with Gasteiger partial charge < -0.3 is 10.1 Å². The highest BCUT2D eigenvalue weighted by molar-refractivity contribution is 7.16. The van der Waals surface area contributed by atoms with Crippen molar-refractivity contribution in [3.63, 3.8) is 0 Å². The van der Waals surface area contributed by atoms with E-state index in [1.54, 1.807) is 12.1 Å². The first-order chi connectivity index (χ1) is 13.5. The number of aromatic nitrogens is 3. The molecule has 0 aliphatic carbocycles. The second-order valence-corrected chi connectivity index (χ2v) is 7.95. The highest BCUT2D eigenvalue weighted by atomic mass is 32.1. The van der Waals surface area contributed by atoms with Crippen LogP contribution in [-0.2, 0) is 11.2 Å². The zero-order valence-corrected chi connectivity index (χ0v) is 16.2. The lowest BCUT2D eigenvalue weighted by molar-refractivity contribution is -0.115. The summed E-state index contributed by atoms with van der Waals surface area (Å²) >= 11 is 2.86. The fourth-order valence-corrected chi connectivity index (χ4v) is 4.27. The van der Waals surface area contributed by atoms with E-state index in [2.05, 4.69) is 20.0 Å². The van der Waals surface area contributed by atoms with Gasteiger partial charge in [0.25, 0.3) is 0 Å². The molecule has 1 N–H and O–H groups in total. The number of anilines is 1. The minimum Gasteiger partial charge on any atom is -0.435 e. The fraction of sp³-hybridized carbons (Fsp3) is 0.167. The van der Waals surface area contributed by atoms with Crippen LogP contribution in [0.25, 0.3) is 16.2 Å². The van der Waals surface area contributed by atoms with E-state index in [1.807, 2.05) is 29.1 Å². The Balaban J connectivity index is 1.44. The van der Waals surface area contributed by atoms with Crippen LogP contribution >= 0.6 is 22.7 Å². The van der Waals surface area contributed by atoms with Crippen molar-refractivity contribution >= 4 is 38.7 Å². The molecule has 4 rings (SSSR count). The Hall–Kier alpha value is -2.85. The van der Waals surface area contributed by atoms with Crippen molar-refractivity contribution in [2.75, 3.05) is 5.32 Å². The van der Waals surface area contributed by atoms with Gasteiger partial charge in [0, 0.05) is 28.2 Å². The number of fused-ring (bicyclic) bond motifs is 1. The number of thiazole rings is 2. The number of nitrogens with one attached hydrogen (secondary N) is 1. The number of aryl methyl sites for hydroxylation is 1. The van der Waals surface area contributed by atoms with Gasteiger partial charge in [-0.3, -0.25) is 9.20 Å². The van der Waals surface area contributed by atoms with Crippen LogP contribution in [-0.4, -0.2) is 26.9 Å². The quantitative estimate of drug-likeness (QED) is 0.495. The third-order valence-electron chi connectivity index (χ3n) is 3.88. The van der Waals surface area contributed by atoms with Crippen molar-refractivity contribution < 1.29 is 18.3 Å². The summed E-state index contributed by atoms with van der Waals surface area (Å²) in [5, 5.41) is 5.20. The topological polar surface area (TPSA) is 68.5 Å². The SMILES string of the molecule is Cc1sc(NC(=O)Cc2cn3ccsc3n2)nc1-c1ccc(OC(F)F)cc1. The van der Waals surface area contributed by atoms with Gasteiger partial charge in [-0.05, 0) is 31.2 Å². The first-order valence-electron chi connectivity index (χ1n) is 8.21. The number of ether oxygens (including phenoxy) is 1. The Morgan fingerprint density at radius 3 is 2.79 bits per heavy atom. The van der Waals surface area contributed by atoms with Gasteiger partial charge in [-0.1, -0.05) is 0 Å². The average molecular weight is 420 g/mol. The van der Waals surface area contributed by atoms with E-state index in [-0.39, 0.29) is 18.1 Å². The molecule has 6 nitrogen and oxygen atoms in total. The molecule has 0 atom stereocenters. The zero-order chi connectivity index (χ0) is 19.7. The molecule has 0 saturated carbocycles. The van der Waals surface area contributed by atoms with Crippen LogP contribution in [0.4, 0.5) is 13.9 Å². The number of amides is 1. The Kier molecular flexibility index (Phi) is 5.05. The molecule has 4 aromatic rings. The lowest BCUT2D eigenvalue weighted by Crippen LogP contribution is -2.14. The predicted molar refractivity (Wildman–Crippen MR) is 104 cm³/mol. The molecule has 0 spiro atoms. The molecule has 0 aliphatic heterocycles. The largest absolute Gasteiger partial charge is 0.435 e. The lowest BCUT2D eigenvalue weighted by Gasteiger charge is -2.05. The minimum atomic E-state index is -2.86. The molecule has 28 heavy (non-hydrogen) atoms. The van der Waals surface area contributed by atoms with E-state index in [4.69, 9.17) is 0 Å². The van der Waals surface area contributed by atoms with Gasteiger partial charge in [-0.25, -0.2) is 9.97 Å². The van der Waals surface area contributed by atoms with Crippen LogP contribution in [0.15, 0.2) is 42.0 Å². The number of imidazole rings is 1. The van der Waals surface area contributed by atoms with Crippen LogP contribution in [0.2, 0.25) is 0 Å². The summed E-state index contributed by atoms with van der Waals surface area (Å²) in [6.45, 7) is -0.977. The van der Waals surface area contributed by atoms with E-state index in [9.17, 15) is 13.6 Å². The molecule has 0 radical (unpaired) electrons. The third kappa shape index (κ3) is 4.02. The van der Waals surface area contributed by atoms with E-state index >= 15 is 0 Å². The van der Waals surface area contributed by atoms with Gasteiger partial charge in [0.15, 0.2) is 10.1 Å². The summed E-state index contributed by atoms with van der Waals surface area (Å²) in [7, 11) is 0. The molecular weight excluding hydrogens is 406 g/mol. The van der Waals surface area contributed by atoms with Crippen LogP contribution < -0.4 is 10.1 Å². The maximum atomic E-state index is 12.3. The molecule has 0 bridgehead atoms. The summed E-state index contributed by atoms with van der Waals surface area (Å²) in [6, 6.07) is 6.23. The molecule has 144 valence electrons. The number of alkyl halides is 2. The molecule has 0 aliphatic rings. The summed E-state index contributed by atoms with van der Waals surface area (Å²) in [5.74, 6) is -0.119. The fourth-order valence-electron chi connectivity index (χ4n) is 2.70. The van der Waals surface area contributed by atoms with Crippen molar-refractivity contribution in [2.24, 2.45) is 0 Å². The summed E-state index contributed by atoms with van der Waals surface area (Å²) < 4.78 is 30.7. The molecule has 0 unspecified atom stereocenters. The highest BCUT2D eigenvalue weighted by Crippen LogP contribution is 2.31. The van der Waals surface area contributed by atoms with Gasteiger partial charge >= 0.3 is 6.61 Å². The monoisotopic (exact) mass is 420 g/mol. The van der Waals surface area contributed by atoms with Crippen LogP contribution in [0.5, 0.6) is 5.75 Å². The van der Waals surface area contributed by atoms with E-state index in [0.29, 0.717) is 16.5 Å². The van der Waals surface area contributed by atoms with Crippen molar-refractivity contribution in [1.82, 2.24) is 14.4 Å². The van der Waals surface area contributed by atoms with Crippen LogP contribution in [0.1, 0.15) is 10.6 Å². The summed E-state index contributed by atoms with van der Waals surface area (Å²) in [6.07, 6.45) is 3.87. The Morgan fingerprint density at radius 1 is 1.29 bits per heavy atom. The number of carbonyl (C=O) groups is 1. The van der Waals surface area contributed by atoms with E-state index in [0.717, 1.165) is 15.4 Å². The first kappa shape index (κ1) is 18.5. The molecule has 1 aromatic carbocycles. The van der Waals surface area contributed by atoms with Gasteiger partial charge in [-0.2, -0.15) is 8.78 Å². The Labute approximate surface area is 166 Å². The molecule has 0 saturated heterocycles. The Morgan fingerprint density at radius 2 is 2.07 bits per heavy atom. The normalized spacial score (nSPS) is 11.3. The lowest BCUT2D eigenvalue weighted by atomic mass is 10.1. The molecular formula is C18H14F2N4O2S2. The van der Waals surface area contributed by atoms with Gasteiger partial charge in [0.1, 0.15) is 5.75 Å². The Bertz CT molecular complexity index is 1090. The maximum absolute atomic E-state index is 12.3. The maximum Gasteiger partial charge on any atom is 0.387 e. The number of hydrogen-bond donors (Lipinski definition) is 1.